The molecule has 0 radical (unpaired) electrons. The fourth-order valence-electron chi connectivity index (χ4n) is 1.34. The minimum Gasteiger partial charge on any atom is -0.326 e. The summed E-state index contributed by atoms with van der Waals surface area (Å²) in [4.78, 5) is 11.4. The smallest absolute Gasteiger partial charge is 0.226 e. The zero-order chi connectivity index (χ0) is 12.1. The van der Waals surface area contributed by atoms with Crippen LogP contribution in [0.15, 0.2) is 24.3 Å². The molecule has 1 amide bonds. The lowest BCUT2D eigenvalue weighted by atomic mass is 10.1. The molecule has 0 saturated carbocycles. The highest BCUT2D eigenvalue weighted by atomic mass is 35.5. The van der Waals surface area contributed by atoms with Gasteiger partial charge in [0.15, 0.2) is 0 Å². The lowest BCUT2D eigenvalue weighted by Crippen LogP contribution is -2.17. The summed E-state index contributed by atoms with van der Waals surface area (Å²) < 4.78 is 0. The second-order valence-electron chi connectivity index (χ2n) is 4.33. The van der Waals surface area contributed by atoms with Crippen molar-refractivity contribution in [1.82, 2.24) is 0 Å². The number of carbonyl (C=O) groups excluding carboxylic acids is 1. The van der Waals surface area contributed by atoms with Crippen molar-refractivity contribution < 1.29 is 4.79 Å². The molecule has 0 aromatic heterocycles. The number of hydrogen-bond donors (Lipinski definition) is 1. The van der Waals surface area contributed by atoms with Gasteiger partial charge in [0.05, 0.1) is 0 Å². The molecular formula is C13H18ClNO. The second kappa shape index (κ2) is 5.90. The summed E-state index contributed by atoms with van der Waals surface area (Å²) in [5.74, 6) is 0.0426. The summed E-state index contributed by atoms with van der Waals surface area (Å²) in [6.45, 7) is 5.72. The van der Waals surface area contributed by atoms with Crippen molar-refractivity contribution in [1.29, 1.82) is 0 Å². The molecule has 0 aliphatic carbocycles. The molecule has 0 aliphatic heterocycles. The largest absolute Gasteiger partial charge is 0.326 e. The Kier molecular flexibility index (Phi) is 4.81. The summed E-state index contributed by atoms with van der Waals surface area (Å²) in [5.41, 5.74) is 2.02. The maximum atomic E-state index is 11.4. The fourth-order valence-corrected chi connectivity index (χ4v) is 1.51. The van der Waals surface area contributed by atoms with Crippen LogP contribution in [-0.4, -0.2) is 11.3 Å². The van der Waals surface area contributed by atoms with Crippen molar-refractivity contribution in [3.05, 3.63) is 29.8 Å². The molecule has 2 nitrogen and oxygen atoms in total. The van der Waals surface area contributed by atoms with Gasteiger partial charge in [-0.1, -0.05) is 26.0 Å². The van der Waals surface area contributed by atoms with Crippen LogP contribution in [0.4, 0.5) is 5.69 Å². The molecule has 1 atom stereocenters. The minimum absolute atomic E-state index is 0.00235. The number of halogens is 1. The van der Waals surface area contributed by atoms with Crippen molar-refractivity contribution in [2.24, 2.45) is 5.92 Å². The van der Waals surface area contributed by atoms with Crippen LogP contribution < -0.4 is 5.32 Å². The molecule has 0 heterocycles. The van der Waals surface area contributed by atoms with Crippen LogP contribution in [0.1, 0.15) is 26.3 Å². The SMILES string of the molecule is CC(Cl)Cc1ccc(NC(=O)C(C)C)cc1. The minimum atomic E-state index is 0.00235. The molecule has 0 saturated heterocycles. The zero-order valence-electron chi connectivity index (χ0n) is 9.96. The van der Waals surface area contributed by atoms with Crippen molar-refractivity contribution in [2.75, 3.05) is 5.32 Å². The Morgan fingerprint density at radius 2 is 1.81 bits per heavy atom. The van der Waals surface area contributed by atoms with E-state index >= 15 is 0 Å². The molecule has 1 unspecified atom stereocenters. The van der Waals surface area contributed by atoms with Gasteiger partial charge in [-0.3, -0.25) is 4.79 Å². The van der Waals surface area contributed by atoms with E-state index in [1.165, 1.54) is 5.56 Å². The molecule has 1 N–H and O–H groups in total. The lowest BCUT2D eigenvalue weighted by molar-refractivity contribution is -0.118. The van der Waals surface area contributed by atoms with E-state index in [0.29, 0.717) is 0 Å². The first-order chi connectivity index (χ1) is 7.49. The molecule has 1 aromatic rings. The molecule has 0 bridgehead atoms. The Morgan fingerprint density at radius 1 is 1.25 bits per heavy atom. The Morgan fingerprint density at radius 3 is 2.25 bits per heavy atom. The van der Waals surface area contributed by atoms with Crippen molar-refractivity contribution >= 4 is 23.2 Å². The van der Waals surface area contributed by atoms with E-state index in [4.69, 9.17) is 11.6 Å². The Labute approximate surface area is 102 Å². The average Bonchev–Trinajstić information content (AvgIpc) is 2.20. The van der Waals surface area contributed by atoms with E-state index in [-0.39, 0.29) is 17.2 Å². The maximum Gasteiger partial charge on any atom is 0.226 e. The lowest BCUT2D eigenvalue weighted by Gasteiger charge is -2.09. The van der Waals surface area contributed by atoms with E-state index < -0.39 is 0 Å². The number of amides is 1. The van der Waals surface area contributed by atoms with Gasteiger partial charge >= 0.3 is 0 Å². The molecular weight excluding hydrogens is 222 g/mol. The van der Waals surface area contributed by atoms with Crippen LogP contribution in [0.5, 0.6) is 0 Å². The Hall–Kier alpha value is -1.02. The molecule has 1 aromatic carbocycles. The molecule has 88 valence electrons. The highest BCUT2D eigenvalue weighted by molar-refractivity contribution is 6.20. The first-order valence-electron chi connectivity index (χ1n) is 5.53. The van der Waals surface area contributed by atoms with Crippen LogP contribution in [0.3, 0.4) is 0 Å². The number of carbonyl (C=O) groups is 1. The maximum absolute atomic E-state index is 11.4. The van der Waals surface area contributed by atoms with Gasteiger partial charge in [0.1, 0.15) is 0 Å². The summed E-state index contributed by atoms with van der Waals surface area (Å²) in [6.07, 6.45) is 0.847. The van der Waals surface area contributed by atoms with Crippen molar-refractivity contribution in [3.8, 4) is 0 Å². The third-order valence-corrected chi connectivity index (χ3v) is 2.42. The van der Waals surface area contributed by atoms with Crippen molar-refractivity contribution in [2.45, 2.75) is 32.6 Å². The number of rotatable bonds is 4. The number of nitrogens with one attached hydrogen (secondary N) is 1. The van der Waals surface area contributed by atoms with Crippen LogP contribution in [0, 0.1) is 5.92 Å². The molecule has 0 fully saturated rings. The zero-order valence-corrected chi connectivity index (χ0v) is 10.7. The highest BCUT2D eigenvalue weighted by Gasteiger charge is 2.06. The quantitative estimate of drug-likeness (QED) is 0.802. The number of anilines is 1. The number of alkyl halides is 1. The van der Waals surface area contributed by atoms with E-state index in [2.05, 4.69) is 5.32 Å². The predicted molar refractivity (Wildman–Crippen MR) is 68.9 cm³/mol. The van der Waals surface area contributed by atoms with E-state index in [1.807, 2.05) is 45.0 Å². The fraction of sp³-hybridized carbons (Fsp3) is 0.462. The average molecular weight is 240 g/mol. The van der Waals surface area contributed by atoms with Crippen LogP contribution in [0.2, 0.25) is 0 Å². The van der Waals surface area contributed by atoms with Gasteiger partial charge in [-0.15, -0.1) is 11.6 Å². The van der Waals surface area contributed by atoms with Crippen molar-refractivity contribution in [3.63, 3.8) is 0 Å². The first kappa shape index (κ1) is 13.0. The monoisotopic (exact) mass is 239 g/mol. The highest BCUT2D eigenvalue weighted by Crippen LogP contribution is 2.13. The van der Waals surface area contributed by atoms with Crippen LogP contribution >= 0.6 is 11.6 Å². The van der Waals surface area contributed by atoms with Gasteiger partial charge in [0.2, 0.25) is 5.91 Å². The van der Waals surface area contributed by atoms with Gasteiger partial charge in [0.25, 0.3) is 0 Å². The third kappa shape index (κ3) is 4.23. The van der Waals surface area contributed by atoms with Gasteiger partial charge in [0, 0.05) is 17.0 Å². The number of benzene rings is 1. The van der Waals surface area contributed by atoms with E-state index in [9.17, 15) is 4.79 Å². The second-order valence-corrected chi connectivity index (χ2v) is 5.07. The molecule has 3 heteroatoms. The van der Waals surface area contributed by atoms with Gasteiger partial charge in [-0.2, -0.15) is 0 Å². The Balaban J connectivity index is 2.61. The van der Waals surface area contributed by atoms with E-state index in [0.717, 1.165) is 12.1 Å². The van der Waals surface area contributed by atoms with Gasteiger partial charge in [-0.25, -0.2) is 0 Å². The number of hydrogen-bond acceptors (Lipinski definition) is 1. The van der Waals surface area contributed by atoms with Gasteiger partial charge < -0.3 is 5.32 Å². The molecule has 1 rings (SSSR count). The summed E-state index contributed by atoms with van der Waals surface area (Å²) >= 11 is 5.91. The summed E-state index contributed by atoms with van der Waals surface area (Å²) in [5, 5.41) is 2.99. The van der Waals surface area contributed by atoms with Crippen LogP contribution in [0.25, 0.3) is 0 Å². The topological polar surface area (TPSA) is 29.1 Å². The standard InChI is InChI=1S/C13H18ClNO/c1-9(2)13(16)15-12-6-4-11(5-7-12)8-10(3)14/h4-7,9-10H,8H2,1-3H3,(H,15,16). The molecule has 0 aliphatic rings. The summed E-state index contributed by atoms with van der Waals surface area (Å²) in [6, 6.07) is 7.81. The first-order valence-corrected chi connectivity index (χ1v) is 5.96. The van der Waals surface area contributed by atoms with E-state index in [1.54, 1.807) is 0 Å². The predicted octanol–water partition coefficient (Wildman–Crippen LogP) is 3.45. The Bertz CT molecular complexity index is 343. The molecule has 16 heavy (non-hydrogen) atoms. The normalized spacial score (nSPS) is 12.6. The molecule has 0 spiro atoms. The summed E-state index contributed by atoms with van der Waals surface area (Å²) in [7, 11) is 0. The van der Waals surface area contributed by atoms with Gasteiger partial charge in [-0.05, 0) is 31.0 Å². The van der Waals surface area contributed by atoms with Crippen LogP contribution in [-0.2, 0) is 11.2 Å². The third-order valence-electron chi connectivity index (χ3n) is 2.26.